The van der Waals surface area contributed by atoms with Gasteiger partial charge in [0.1, 0.15) is 5.75 Å². The maximum Gasteiger partial charge on any atom is 0.251 e. The van der Waals surface area contributed by atoms with Crippen LogP contribution in [0.15, 0.2) is 53.3 Å². The highest BCUT2D eigenvalue weighted by atomic mass is 16.5. The van der Waals surface area contributed by atoms with E-state index in [0.29, 0.717) is 24.4 Å². The molecule has 2 aromatic carbocycles. The quantitative estimate of drug-likeness (QED) is 0.748. The monoisotopic (exact) mass is 337 g/mol. The smallest absolute Gasteiger partial charge is 0.251 e. The van der Waals surface area contributed by atoms with Crippen molar-refractivity contribution in [3.05, 3.63) is 65.5 Å². The summed E-state index contributed by atoms with van der Waals surface area (Å²) in [7, 11) is 1.65. The average molecular weight is 337 g/mol. The molecule has 128 valence electrons. The van der Waals surface area contributed by atoms with Crippen molar-refractivity contribution in [3.8, 4) is 17.2 Å². The predicted molar refractivity (Wildman–Crippen MR) is 93.5 cm³/mol. The predicted octanol–water partition coefficient (Wildman–Crippen LogP) is 3.03. The van der Waals surface area contributed by atoms with Crippen LogP contribution in [0.4, 0.5) is 0 Å². The summed E-state index contributed by atoms with van der Waals surface area (Å²) in [5, 5.41) is 10.4. The van der Waals surface area contributed by atoms with Crippen LogP contribution >= 0.6 is 0 Å². The zero-order valence-corrected chi connectivity index (χ0v) is 14.2. The molecule has 3 rings (SSSR count). The second-order valence-electron chi connectivity index (χ2n) is 5.64. The summed E-state index contributed by atoms with van der Waals surface area (Å²) in [6.45, 7) is 2.57. The van der Waals surface area contributed by atoms with Crippen LogP contribution in [0.5, 0.6) is 5.75 Å². The minimum atomic E-state index is -0.122. The number of hydrogen-bond donors (Lipinski definition) is 1. The van der Waals surface area contributed by atoms with Gasteiger partial charge < -0.3 is 14.5 Å². The van der Waals surface area contributed by atoms with Crippen LogP contribution in [0, 0.1) is 6.92 Å². The van der Waals surface area contributed by atoms with Crippen LogP contribution in [-0.2, 0) is 6.42 Å². The first-order chi connectivity index (χ1) is 12.2. The van der Waals surface area contributed by atoms with Gasteiger partial charge in [-0.15, -0.1) is 10.2 Å². The van der Waals surface area contributed by atoms with E-state index >= 15 is 0 Å². The van der Waals surface area contributed by atoms with E-state index in [1.807, 2.05) is 19.1 Å². The van der Waals surface area contributed by atoms with Crippen molar-refractivity contribution >= 4 is 5.91 Å². The number of ether oxygens (including phenoxy) is 1. The Labute approximate surface area is 145 Å². The molecular formula is C19H19N3O3. The fraction of sp³-hybridized carbons (Fsp3) is 0.211. The number of carbonyl (C=O) groups is 1. The van der Waals surface area contributed by atoms with Crippen molar-refractivity contribution in [1.82, 2.24) is 15.5 Å². The van der Waals surface area contributed by atoms with Crippen molar-refractivity contribution in [2.75, 3.05) is 13.7 Å². The molecule has 0 fully saturated rings. The van der Waals surface area contributed by atoms with E-state index in [9.17, 15) is 4.79 Å². The SMILES string of the molecule is COc1ccc(C)cc1CCNC(=O)c1ccc(-c2nnco2)cc1. The second kappa shape index (κ2) is 7.61. The van der Waals surface area contributed by atoms with Crippen LogP contribution in [0.25, 0.3) is 11.5 Å². The molecule has 0 unspecified atom stereocenters. The first-order valence-corrected chi connectivity index (χ1v) is 7.95. The van der Waals surface area contributed by atoms with Gasteiger partial charge >= 0.3 is 0 Å². The van der Waals surface area contributed by atoms with Crippen LogP contribution in [-0.4, -0.2) is 29.8 Å². The fourth-order valence-electron chi connectivity index (χ4n) is 2.58. The lowest BCUT2D eigenvalue weighted by Gasteiger charge is -2.10. The average Bonchev–Trinajstić information content (AvgIpc) is 3.17. The lowest BCUT2D eigenvalue weighted by Crippen LogP contribution is -2.25. The summed E-state index contributed by atoms with van der Waals surface area (Å²) in [5.74, 6) is 1.14. The number of aromatic nitrogens is 2. The van der Waals surface area contributed by atoms with Crippen molar-refractivity contribution in [2.24, 2.45) is 0 Å². The van der Waals surface area contributed by atoms with Crippen molar-refractivity contribution in [1.29, 1.82) is 0 Å². The van der Waals surface area contributed by atoms with Crippen molar-refractivity contribution in [3.63, 3.8) is 0 Å². The summed E-state index contributed by atoms with van der Waals surface area (Å²) in [4.78, 5) is 12.3. The highest BCUT2D eigenvalue weighted by Gasteiger charge is 2.09. The topological polar surface area (TPSA) is 77.2 Å². The molecule has 0 aliphatic heterocycles. The third-order valence-corrected chi connectivity index (χ3v) is 3.87. The third kappa shape index (κ3) is 4.03. The number of nitrogens with zero attached hydrogens (tertiary/aromatic N) is 2. The van der Waals surface area contributed by atoms with Crippen molar-refractivity contribution < 1.29 is 13.9 Å². The molecule has 6 nitrogen and oxygen atoms in total. The molecule has 25 heavy (non-hydrogen) atoms. The number of aryl methyl sites for hydroxylation is 1. The van der Waals surface area contributed by atoms with E-state index in [1.165, 1.54) is 12.0 Å². The van der Waals surface area contributed by atoms with Gasteiger partial charge in [-0.2, -0.15) is 0 Å². The number of benzene rings is 2. The van der Waals surface area contributed by atoms with Crippen molar-refractivity contribution in [2.45, 2.75) is 13.3 Å². The molecule has 1 heterocycles. The van der Waals surface area contributed by atoms with Crippen LogP contribution in [0.3, 0.4) is 0 Å². The minimum Gasteiger partial charge on any atom is -0.496 e. The van der Waals surface area contributed by atoms with Gasteiger partial charge in [0.25, 0.3) is 5.91 Å². The maximum absolute atomic E-state index is 12.3. The summed E-state index contributed by atoms with van der Waals surface area (Å²) in [5.41, 5.74) is 3.60. The first kappa shape index (κ1) is 16.7. The van der Waals surface area contributed by atoms with Gasteiger partial charge in [-0.25, -0.2) is 0 Å². The number of rotatable bonds is 6. The van der Waals surface area contributed by atoms with Gasteiger partial charge in [0.05, 0.1) is 7.11 Å². The Bertz CT molecular complexity index is 843. The lowest BCUT2D eigenvalue weighted by molar-refractivity contribution is 0.0954. The molecule has 0 aliphatic carbocycles. The molecule has 6 heteroatoms. The van der Waals surface area contributed by atoms with E-state index in [1.54, 1.807) is 31.4 Å². The molecule has 0 bridgehead atoms. The number of amides is 1. The minimum absolute atomic E-state index is 0.122. The summed E-state index contributed by atoms with van der Waals surface area (Å²) >= 11 is 0. The Kier molecular flexibility index (Phi) is 5.09. The summed E-state index contributed by atoms with van der Waals surface area (Å²) in [6, 6.07) is 13.1. The number of hydrogen-bond acceptors (Lipinski definition) is 5. The fourth-order valence-corrected chi connectivity index (χ4v) is 2.58. The van der Waals surface area contributed by atoms with Gasteiger partial charge in [-0.3, -0.25) is 4.79 Å². The maximum atomic E-state index is 12.3. The van der Waals surface area contributed by atoms with Crippen LogP contribution in [0.1, 0.15) is 21.5 Å². The van der Waals surface area contributed by atoms with E-state index in [2.05, 4.69) is 21.6 Å². The first-order valence-electron chi connectivity index (χ1n) is 7.95. The normalized spacial score (nSPS) is 10.5. The Morgan fingerprint density at radius 1 is 1.20 bits per heavy atom. The zero-order chi connectivity index (χ0) is 17.6. The molecule has 0 saturated heterocycles. The van der Waals surface area contributed by atoms with Gasteiger partial charge in [-0.1, -0.05) is 17.7 Å². The third-order valence-electron chi connectivity index (χ3n) is 3.87. The Morgan fingerprint density at radius 2 is 2.00 bits per heavy atom. The van der Waals surface area contributed by atoms with Gasteiger partial charge in [0.2, 0.25) is 12.3 Å². The lowest BCUT2D eigenvalue weighted by atomic mass is 10.1. The highest BCUT2D eigenvalue weighted by Crippen LogP contribution is 2.20. The number of nitrogens with one attached hydrogen (secondary N) is 1. The Hall–Kier alpha value is -3.15. The van der Waals surface area contributed by atoms with E-state index in [-0.39, 0.29) is 5.91 Å². The molecule has 1 aromatic heterocycles. The number of methoxy groups -OCH3 is 1. The molecule has 0 aliphatic rings. The molecule has 1 N–H and O–H groups in total. The van der Waals surface area contributed by atoms with E-state index in [0.717, 1.165) is 16.9 Å². The van der Waals surface area contributed by atoms with Crippen LogP contribution in [0.2, 0.25) is 0 Å². The molecule has 0 radical (unpaired) electrons. The van der Waals surface area contributed by atoms with E-state index < -0.39 is 0 Å². The summed E-state index contributed by atoms with van der Waals surface area (Å²) in [6.07, 6.45) is 1.98. The van der Waals surface area contributed by atoms with Gasteiger partial charge in [0, 0.05) is 17.7 Å². The Morgan fingerprint density at radius 3 is 2.68 bits per heavy atom. The number of carbonyl (C=O) groups excluding carboxylic acids is 1. The second-order valence-corrected chi connectivity index (χ2v) is 5.64. The molecule has 0 spiro atoms. The highest BCUT2D eigenvalue weighted by molar-refractivity contribution is 5.94. The van der Waals surface area contributed by atoms with Crippen LogP contribution < -0.4 is 10.1 Å². The zero-order valence-electron chi connectivity index (χ0n) is 14.2. The van der Waals surface area contributed by atoms with Gasteiger partial charge in [-0.05, 0) is 49.2 Å². The molecule has 0 saturated carbocycles. The molecule has 1 amide bonds. The van der Waals surface area contributed by atoms with E-state index in [4.69, 9.17) is 9.15 Å². The standard InChI is InChI=1S/C19H19N3O3/c1-13-3-8-17(24-2)16(11-13)9-10-20-18(23)14-4-6-15(7-5-14)19-22-21-12-25-19/h3-8,11-12H,9-10H2,1-2H3,(H,20,23). The molecule has 0 atom stereocenters. The Balaban J connectivity index is 1.59. The summed E-state index contributed by atoms with van der Waals surface area (Å²) < 4.78 is 10.5. The van der Waals surface area contributed by atoms with Gasteiger partial charge in [0.15, 0.2) is 0 Å². The molecular weight excluding hydrogens is 318 g/mol. The largest absolute Gasteiger partial charge is 0.496 e. The molecule has 3 aromatic rings.